The summed E-state index contributed by atoms with van der Waals surface area (Å²) >= 11 is 1.67. The van der Waals surface area contributed by atoms with Crippen LogP contribution >= 0.6 is 11.3 Å². The molecule has 1 atom stereocenters. The fourth-order valence-electron chi connectivity index (χ4n) is 2.97. The second-order valence-corrected chi connectivity index (χ2v) is 7.30. The molecule has 0 bridgehead atoms. The average molecular weight is 279 g/mol. The molecule has 3 rings (SSSR count). The van der Waals surface area contributed by atoms with Gasteiger partial charge in [-0.05, 0) is 34.1 Å². The lowest BCUT2D eigenvalue weighted by Gasteiger charge is -2.27. The van der Waals surface area contributed by atoms with Gasteiger partial charge in [0, 0.05) is 30.4 Å². The maximum atomic E-state index is 6.10. The topological polar surface area (TPSA) is 38.6 Å². The third-order valence-electron chi connectivity index (χ3n) is 3.75. The van der Waals surface area contributed by atoms with E-state index in [4.69, 9.17) is 4.74 Å². The Hall–Kier alpha value is -0.910. The Kier molecular flexibility index (Phi) is 2.96. The van der Waals surface area contributed by atoms with Crippen molar-refractivity contribution in [2.75, 3.05) is 0 Å². The molecule has 0 radical (unpaired) electrons. The van der Waals surface area contributed by atoms with Gasteiger partial charge in [0.1, 0.15) is 0 Å². The van der Waals surface area contributed by atoms with Crippen LogP contribution in [0.4, 0.5) is 0 Å². The zero-order valence-corrected chi connectivity index (χ0v) is 12.8. The number of imidazole rings is 1. The van der Waals surface area contributed by atoms with E-state index in [0.717, 1.165) is 23.6 Å². The first-order valence-electron chi connectivity index (χ1n) is 6.70. The minimum atomic E-state index is -0.124. The number of fused-ring (bicyclic) bond motifs is 1. The highest BCUT2D eigenvalue weighted by Gasteiger charge is 2.45. The monoisotopic (exact) mass is 279 g/mol. The molecule has 1 N–H and O–H groups in total. The summed E-state index contributed by atoms with van der Waals surface area (Å²) < 4.78 is 8.17. The lowest BCUT2D eigenvalue weighted by molar-refractivity contribution is -0.0699. The molecule has 0 saturated carbocycles. The van der Waals surface area contributed by atoms with Crippen LogP contribution in [-0.2, 0) is 11.3 Å². The molecular formula is C14H21N3OS. The molecule has 2 aromatic rings. The molecule has 1 aliphatic rings. The van der Waals surface area contributed by atoms with E-state index in [0.29, 0.717) is 6.04 Å². The Morgan fingerprint density at radius 2 is 2.26 bits per heavy atom. The second kappa shape index (κ2) is 4.30. The van der Waals surface area contributed by atoms with Crippen LogP contribution < -0.4 is 5.32 Å². The number of hydrogen-bond donors (Lipinski definition) is 1. The van der Waals surface area contributed by atoms with E-state index in [1.807, 2.05) is 6.20 Å². The van der Waals surface area contributed by atoms with E-state index in [1.165, 1.54) is 0 Å². The molecule has 4 nitrogen and oxygen atoms in total. The first-order valence-corrected chi connectivity index (χ1v) is 7.58. The second-order valence-electron chi connectivity index (χ2n) is 6.43. The molecule has 3 heterocycles. The maximum absolute atomic E-state index is 6.10. The lowest BCUT2D eigenvalue weighted by Crippen LogP contribution is -2.43. The van der Waals surface area contributed by atoms with Crippen molar-refractivity contribution in [3.05, 3.63) is 23.5 Å². The van der Waals surface area contributed by atoms with Gasteiger partial charge in [0.05, 0.1) is 16.9 Å². The van der Waals surface area contributed by atoms with E-state index in [1.54, 1.807) is 11.3 Å². The summed E-state index contributed by atoms with van der Waals surface area (Å²) in [6.45, 7) is 9.42. The summed E-state index contributed by atoms with van der Waals surface area (Å²) in [5.41, 5.74) is 0.920. The Labute approximate surface area is 117 Å². The number of thiazole rings is 1. The van der Waals surface area contributed by atoms with E-state index in [2.05, 4.69) is 54.0 Å². The molecule has 19 heavy (non-hydrogen) atoms. The predicted octanol–water partition coefficient (Wildman–Crippen LogP) is 2.83. The fraction of sp³-hybridized carbons (Fsp3) is 0.643. The van der Waals surface area contributed by atoms with Crippen molar-refractivity contribution in [2.24, 2.45) is 0 Å². The summed E-state index contributed by atoms with van der Waals surface area (Å²) in [6.07, 6.45) is 5.16. The third-order valence-corrected chi connectivity index (χ3v) is 4.52. The van der Waals surface area contributed by atoms with Crippen LogP contribution in [0.5, 0.6) is 0 Å². The molecule has 0 unspecified atom stereocenters. The predicted molar refractivity (Wildman–Crippen MR) is 77.6 cm³/mol. The number of nitrogens with one attached hydrogen (secondary N) is 1. The molecule has 5 heteroatoms. The number of ether oxygens (including phenoxy) is 1. The third kappa shape index (κ3) is 2.55. The summed E-state index contributed by atoms with van der Waals surface area (Å²) in [7, 11) is 0. The molecule has 1 aliphatic heterocycles. The molecule has 104 valence electrons. The normalized spacial score (nSPS) is 25.2. The van der Waals surface area contributed by atoms with Crippen LogP contribution in [-0.4, -0.2) is 26.6 Å². The van der Waals surface area contributed by atoms with Crippen LogP contribution in [0.3, 0.4) is 0 Å². The van der Waals surface area contributed by atoms with Gasteiger partial charge in [-0.15, -0.1) is 11.3 Å². The number of hydrogen-bond acceptors (Lipinski definition) is 4. The largest absolute Gasteiger partial charge is 0.368 e. The van der Waals surface area contributed by atoms with Gasteiger partial charge in [0.15, 0.2) is 4.96 Å². The summed E-state index contributed by atoms with van der Waals surface area (Å²) in [5.74, 6) is 0. The van der Waals surface area contributed by atoms with Gasteiger partial charge in [-0.2, -0.15) is 0 Å². The SMILES string of the molecule is CC1(C)C[C@H](NCc2cn3ccsc3n2)C(C)(C)O1. The average Bonchev–Trinajstić information content (AvgIpc) is 2.86. The quantitative estimate of drug-likeness (QED) is 0.939. The summed E-state index contributed by atoms with van der Waals surface area (Å²) in [6, 6.07) is 0.363. The van der Waals surface area contributed by atoms with Crippen molar-refractivity contribution in [3.63, 3.8) is 0 Å². The highest BCUT2D eigenvalue weighted by molar-refractivity contribution is 7.15. The van der Waals surface area contributed by atoms with Gasteiger partial charge in [-0.3, -0.25) is 4.40 Å². The molecule has 2 aromatic heterocycles. The first-order chi connectivity index (χ1) is 8.86. The lowest BCUT2D eigenvalue weighted by atomic mass is 9.94. The summed E-state index contributed by atoms with van der Waals surface area (Å²) in [4.78, 5) is 5.65. The maximum Gasteiger partial charge on any atom is 0.193 e. The molecule has 0 aromatic carbocycles. The minimum Gasteiger partial charge on any atom is -0.368 e. The van der Waals surface area contributed by atoms with Gasteiger partial charge < -0.3 is 10.1 Å². The smallest absolute Gasteiger partial charge is 0.193 e. The first kappa shape index (κ1) is 13.1. The van der Waals surface area contributed by atoms with Crippen LogP contribution in [0, 0.1) is 0 Å². The molecule has 1 saturated heterocycles. The van der Waals surface area contributed by atoms with E-state index >= 15 is 0 Å². The van der Waals surface area contributed by atoms with Crippen molar-refractivity contribution in [1.82, 2.24) is 14.7 Å². The van der Waals surface area contributed by atoms with E-state index < -0.39 is 0 Å². The van der Waals surface area contributed by atoms with Gasteiger partial charge in [-0.25, -0.2) is 4.98 Å². The number of rotatable bonds is 3. The van der Waals surface area contributed by atoms with Crippen LogP contribution in [0.1, 0.15) is 39.8 Å². The molecular weight excluding hydrogens is 258 g/mol. The van der Waals surface area contributed by atoms with Crippen LogP contribution in [0.25, 0.3) is 4.96 Å². The van der Waals surface area contributed by atoms with Gasteiger partial charge >= 0.3 is 0 Å². The number of aromatic nitrogens is 2. The zero-order chi connectivity index (χ0) is 13.7. The van der Waals surface area contributed by atoms with Gasteiger partial charge in [0.2, 0.25) is 0 Å². The van der Waals surface area contributed by atoms with Crippen molar-refractivity contribution < 1.29 is 4.74 Å². The van der Waals surface area contributed by atoms with Gasteiger partial charge in [-0.1, -0.05) is 0 Å². The van der Waals surface area contributed by atoms with Gasteiger partial charge in [0.25, 0.3) is 0 Å². The van der Waals surface area contributed by atoms with E-state index in [-0.39, 0.29) is 11.2 Å². The highest BCUT2D eigenvalue weighted by atomic mass is 32.1. The summed E-state index contributed by atoms with van der Waals surface area (Å²) in [5, 5.41) is 5.65. The van der Waals surface area contributed by atoms with Crippen LogP contribution in [0.2, 0.25) is 0 Å². The van der Waals surface area contributed by atoms with Crippen molar-refractivity contribution in [2.45, 2.75) is 57.9 Å². The fourth-order valence-corrected chi connectivity index (χ4v) is 3.69. The minimum absolute atomic E-state index is 0.0459. The van der Waals surface area contributed by atoms with E-state index in [9.17, 15) is 0 Å². The Morgan fingerprint density at radius 3 is 2.89 bits per heavy atom. The Morgan fingerprint density at radius 1 is 1.47 bits per heavy atom. The Bertz CT molecular complexity index is 556. The standard InChI is InChI=1S/C14H21N3OS/c1-13(2)7-11(14(3,4)18-13)15-8-10-9-17-5-6-19-12(17)16-10/h5-6,9,11,15H,7-8H2,1-4H3/t11-/m0/s1. The Balaban J connectivity index is 1.67. The number of nitrogens with zero attached hydrogens (tertiary/aromatic N) is 2. The van der Waals surface area contributed by atoms with Crippen LogP contribution in [0.15, 0.2) is 17.8 Å². The van der Waals surface area contributed by atoms with Crippen molar-refractivity contribution >= 4 is 16.3 Å². The molecule has 0 aliphatic carbocycles. The highest BCUT2D eigenvalue weighted by Crippen LogP contribution is 2.37. The van der Waals surface area contributed by atoms with Crippen molar-refractivity contribution in [1.29, 1.82) is 0 Å². The molecule has 1 fully saturated rings. The van der Waals surface area contributed by atoms with Crippen molar-refractivity contribution in [3.8, 4) is 0 Å². The zero-order valence-electron chi connectivity index (χ0n) is 11.9. The molecule has 0 amide bonds. The molecule has 0 spiro atoms.